The average Bonchev–Trinajstić information content (AvgIpc) is 2.41. The van der Waals surface area contributed by atoms with E-state index in [2.05, 4.69) is 0 Å². The minimum atomic E-state index is 0.0668. The topological polar surface area (TPSA) is 29.5 Å². The van der Waals surface area contributed by atoms with E-state index in [1.54, 1.807) is 30.3 Å². The van der Waals surface area contributed by atoms with E-state index in [-0.39, 0.29) is 5.75 Å². The van der Waals surface area contributed by atoms with E-state index < -0.39 is 0 Å². The number of benzene rings is 2. The lowest BCUT2D eigenvalue weighted by Crippen LogP contribution is -1.86. The number of phenolic OH excluding ortho intramolecular Hbond substituents is 1. The maximum Gasteiger partial charge on any atom is 0.165 e. The molecule has 0 amide bonds. The summed E-state index contributed by atoms with van der Waals surface area (Å²) >= 11 is 11.8. The molecule has 2 aromatic rings. The Bertz CT molecular complexity index is 604. The van der Waals surface area contributed by atoms with Crippen molar-refractivity contribution < 1.29 is 9.84 Å². The van der Waals surface area contributed by atoms with Crippen molar-refractivity contribution in [1.29, 1.82) is 0 Å². The maximum absolute atomic E-state index is 9.98. The molecular weight excluding hydrogens is 283 g/mol. The van der Waals surface area contributed by atoms with Gasteiger partial charge in [-0.25, -0.2) is 0 Å². The van der Waals surface area contributed by atoms with Crippen molar-refractivity contribution in [2.75, 3.05) is 7.11 Å². The molecule has 0 heterocycles. The van der Waals surface area contributed by atoms with Crippen LogP contribution in [-0.4, -0.2) is 12.2 Å². The molecule has 0 saturated heterocycles. The zero-order chi connectivity index (χ0) is 13.8. The van der Waals surface area contributed by atoms with Gasteiger partial charge in [0, 0.05) is 21.7 Å². The van der Waals surface area contributed by atoms with Crippen molar-refractivity contribution in [3.05, 3.63) is 57.6 Å². The third-order valence-corrected chi connectivity index (χ3v) is 3.08. The van der Waals surface area contributed by atoms with E-state index in [1.165, 1.54) is 7.11 Å². The average molecular weight is 295 g/mol. The number of methoxy groups -OCH3 is 1. The van der Waals surface area contributed by atoms with Crippen molar-refractivity contribution in [3.63, 3.8) is 0 Å². The molecule has 0 fully saturated rings. The molecule has 0 bridgehead atoms. The quantitative estimate of drug-likeness (QED) is 0.818. The van der Waals surface area contributed by atoms with E-state index >= 15 is 0 Å². The molecule has 0 spiro atoms. The summed E-state index contributed by atoms with van der Waals surface area (Å²) in [5.74, 6) is 0.417. The van der Waals surface area contributed by atoms with Gasteiger partial charge in [0.25, 0.3) is 0 Å². The predicted molar refractivity (Wildman–Crippen MR) is 80.0 cm³/mol. The standard InChI is InChI=1S/C15H12Cl2O2/c1-19-14-9-13(17)8-11(15(14)18)5-2-10-3-6-12(16)7-4-10/h2-9,18H,1H3. The van der Waals surface area contributed by atoms with Crippen LogP contribution in [0.4, 0.5) is 0 Å². The highest BCUT2D eigenvalue weighted by atomic mass is 35.5. The molecule has 2 aromatic carbocycles. The highest BCUT2D eigenvalue weighted by Gasteiger charge is 2.07. The molecule has 0 aliphatic heterocycles. The molecule has 0 aromatic heterocycles. The number of phenols is 1. The number of ether oxygens (including phenoxy) is 1. The Balaban J connectivity index is 2.32. The number of hydrogen-bond donors (Lipinski definition) is 1. The van der Waals surface area contributed by atoms with Gasteiger partial charge in [0.05, 0.1) is 7.11 Å². The number of rotatable bonds is 3. The third kappa shape index (κ3) is 3.43. The molecule has 19 heavy (non-hydrogen) atoms. The first-order valence-electron chi connectivity index (χ1n) is 5.60. The molecule has 0 aliphatic carbocycles. The summed E-state index contributed by atoms with van der Waals surface area (Å²) in [6.45, 7) is 0. The molecule has 98 valence electrons. The van der Waals surface area contributed by atoms with Crippen LogP contribution in [0.5, 0.6) is 11.5 Å². The van der Waals surface area contributed by atoms with Crippen LogP contribution in [0.15, 0.2) is 36.4 Å². The minimum absolute atomic E-state index is 0.0668. The fraction of sp³-hybridized carbons (Fsp3) is 0.0667. The first-order valence-corrected chi connectivity index (χ1v) is 6.36. The van der Waals surface area contributed by atoms with Crippen LogP contribution in [0.25, 0.3) is 12.2 Å². The van der Waals surface area contributed by atoms with Gasteiger partial charge in [-0.15, -0.1) is 0 Å². The Morgan fingerprint density at radius 2 is 1.68 bits per heavy atom. The minimum Gasteiger partial charge on any atom is -0.504 e. The second-order valence-electron chi connectivity index (χ2n) is 3.93. The molecule has 0 radical (unpaired) electrons. The Hall–Kier alpha value is -1.64. The van der Waals surface area contributed by atoms with Gasteiger partial charge >= 0.3 is 0 Å². The summed E-state index contributed by atoms with van der Waals surface area (Å²) in [5.41, 5.74) is 1.57. The van der Waals surface area contributed by atoms with Gasteiger partial charge in [-0.2, -0.15) is 0 Å². The van der Waals surface area contributed by atoms with Crippen LogP contribution in [0.3, 0.4) is 0 Å². The van der Waals surface area contributed by atoms with E-state index in [9.17, 15) is 5.11 Å². The van der Waals surface area contributed by atoms with Gasteiger partial charge in [0.15, 0.2) is 11.5 Å². The second-order valence-corrected chi connectivity index (χ2v) is 4.80. The highest BCUT2D eigenvalue weighted by Crippen LogP contribution is 2.34. The summed E-state index contributed by atoms with van der Waals surface area (Å²) < 4.78 is 5.05. The molecule has 2 nitrogen and oxygen atoms in total. The van der Waals surface area contributed by atoms with Crippen molar-refractivity contribution in [1.82, 2.24) is 0 Å². The number of aromatic hydroxyl groups is 1. The molecular formula is C15H12Cl2O2. The number of halogens is 2. The predicted octanol–water partition coefficient (Wildman–Crippen LogP) is 4.88. The van der Waals surface area contributed by atoms with E-state index in [0.717, 1.165) is 5.56 Å². The zero-order valence-corrected chi connectivity index (χ0v) is 11.7. The van der Waals surface area contributed by atoms with Crippen LogP contribution < -0.4 is 4.74 Å². The molecule has 1 N–H and O–H groups in total. The Labute approximate surface area is 121 Å². The second kappa shape index (κ2) is 6.00. The summed E-state index contributed by atoms with van der Waals surface area (Å²) in [5, 5.41) is 11.2. The third-order valence-electron chi connectivity index (χ3n) is 2.61. The fourth-order valence-corrected chi connectivity index (χ4v) is 1.98. The van der Waals surface area contributed by atoms with Crippen molar-refractivity contribution in [2.45, 2.75) is 0 Å². The molecule has 0 saturated carbocycles. The molecule has 0 unspecified atom stereocenters. The van der Waals surface area contributed by atoms with Gasteiger partial charge in [-0.1, -0.05) is 47.5 Å². The summed E-state index contributed by atoms with van der Waals surface area (Å²) in [6, 6.07) is 10.6. The summed E-state index contributed by atoms with van der Waals surface area (Å²) in [7, 11) is 1.48. The number of hydrogen-bond acceptors (Lipinski definition) is 2. The lowest BCUT2D eigenvalue weighted by Gasteiger charge is -2.06. The maximum atomic E-state index is 9.98. The highest BCUT2D eigenvalue weighted by molar-refractivity contribution is 6.31. The smallest absolute Gasteiger partial charge is 0.165 e. The monoisotopic (exact) mass is 294 g/mol. The van der Waals surface area contributed by atoms with E-state index in [0.29, 0.717) is 21.4 Å². The summed E-state index contributed by atoms with van der Waals surface area (Å²) in [4.78, 5) is 0. The zero-order valence-electron chi connectivity index (χ0n) is 10.2. The first kappa shape index (κ1) is 13.8. The lowest BCUT2D eigenvalue weighted by molar-refractivity contribution is 0.373. The van der Waals surface area contributed by atoms with Gasteiger partial charge in [-0.3, -0.25) is 0 Å². The molecule has 4 heteroatoms. The molecule has 0 aliphatic rings. The van der Waals surface area contributed by atoms with Gasteiger partial charge < -0.3 is 9.84 Å². The van der Waals surface area contributed by atoms with Crippen LogP contribution in [-0.2, 0) is 0 Å². The van der Waals surface area contributed by atoms with Crippen LogP contribution in [0.1, 0.15) is 11.1 Å². The van der Waals surface area contributed by atoms with E-state index in [4.69, 9.17) is 27.9 Å². The van der Waals surface area contributed by atoms with Crippen molar-refractivity contribution in [3.8, 4) is 11.5 Å². The van der Waals surface area contributed by atoms with Gasteiger partial charge in [-0.05, 0) is 23.8 Å². The van der Waals surface area contributed by atoms with Crippen LogP contribution >= 0.6 is 23.2 Å². The van der Waals surface area contributed by atoms with Crippen LogP contribution in [0.2, 0.25) is 10.0 Å². The van der Waals surface area contributed by atoms with Gasteiger partial charge in [0.1, 0.15) is 0 Å². The molecule has 2 rings (SSSR count). The first-order chi connectivity index (χ1) is 9.10. The molecule has 0 atom stereocenters. The fourth-order valence-electron chi connectivity index (χ4n) is 1.64. The lowest BCUT2D eigenvalue weighted by atomic mass is 10.1. The Kier molecular flexibility index (Phi) is 4.35. The van der Waals surface area contributed by atoms with E-state index in [1.807, 2.05) is 18.2 Å². The van der Waals surface area contributed by atoms with Gasteiger partial charge in [0.2, 0.25) is 0 Å². The van der Waals surface area contributed by atoms with Crippen LogP contribution in [0, 0.1) is 0 Å². The Morgan fingerprint density at radius 1 is 1.00 bits per heavy atom. The Morgan fingerprint density at radius 3 is 2.32 bits per heavy atom. The normalized spacial score (nSPS) is 10.9. The largest absolute Gasteiger partial charge is 0.504 e. The van der Waals surface area contributed by atoms with Crippen molar-refractivity contribution >= 4 is 35.4 Å². The summed E-state index contributed by atoms with van der Waals surface area (Å²) in [6.07, 6.45) is 3.63. The SMILES string of the molecule is COc1cc(Cl)cc(C=Cc2ccc(Cl)cc2)c1O. The van der Waals surface area contributed by atoms with Crippen molar-refractivity contribution in [2.24, 2.45) is 0 Å².